The van der Waals surface area contributed by atoms with Crippen molar-refractivity contribution in [3.63, 3.8) is 0 Å². The Morgan fingerprint density at radius 3 is 2.62 bits per heavy atom. The van der Waals surface area contributed by atoms with Crippen LogP contribution in [0.3, 0.4) is 0 Å². The third kappa shape index (κ3) is 5.72. The molecule has 1 aliphatic rings. The molecule has 1 fully saturated rings. The summed E-state index contributed by atoms with van der Waals surface area (Å²) in [6.07, 6.45) is 4.97. The van der Waals surface area contributed by atoms with Gasteiger partial charge in [0.1, 0.15) is 18.3 Å². The number of rotatable bonds is 7. The van der Waals surface area contributed by atoms with E-state index in [-0.39, 0.29) is 24.4 Å². The van der Waals surface area contributed by atoms with E-state index < -0.39 is 11.6 Å². The lowest BCUT2D eigenvalue weighted by atomic mass is 9.92. The predicted octanol–water partition coefficient (Wildman–Crippen LogP) is 4.12. The summed E-state index contributed by atoms with van der Waals surface area (Å²) in [5, 5.41) is 17.5. The van der Waals surface area contributed by atoms with E-state index in [1.807, 2.05) is 51.3 Å². The van der Waals surface area contributed by atoms with Gasteiger partial charge in [0.2, 0.25) is 17.6 Å². The van der Waals surface area contributed by atoms with E-state index in [2.05, 4.69) is 20.7 Å². The molecule has 1 N–H and O–H groups in total. The summed E-state index contributed by atoms with van der Waals surface area (Å²) in [5.41, 5.74) is -0.419. The Bertz CT molecular complexity index is 1110. The van der Waals surface area contributed by atoms with E-state index in [9.17, 15) is 9.59 Å². The third-order valence-electron chi connectivity index (χ3n) is 5.78. The maximum atomic E-state index is 13.8. The van der Waals surface area contributed by atoms with Crippen molar-refractivity contribution in [1.29, 1.82) is 0 Å². The summed E-state index contributed by atoms with van der Waals surface area (Å²) in [6.45, 7) is 7.57. The van der Waals surface area contributed by atoms with Gasteiger partial charge in [0, 0.05) is 16.5 Å². The van der Waals surface area contributed by atoms with Gasteiger partial charge < -0.3 is 14.6 Å². The van der Waals surface area contributed by atoms with Gasteiger partial charge in [-0.1, -0.05) is 25.3 Å². The van der Waals surface area contributed by atoms with Crippen LogP contribution >= 0.6 is 11.3 Å². The lowest BCUT2D eigenvalue weighted by Gasteiger charge is -2.40. The number of nitrogens with zero attached hydrogens (tertiary/aromatic N) is 5. The highest BCUT2D eigenvalue weighted by Gasteiger charge is 2.38. The number of furan rings is 1. The van der Waals surface area contributed by atoms with Crippen LogP contribution in [0.2, 0.25) is 0 Å². The Kier molecular flexibility index (Phi) is 7.16. The molecule has 34 heavy (non-hydrogen) atoms. The van der Waals surface area contributed by atoms with E-state index in [0.717, 1.165) is 42.7 Å². The van der Waals surface area contributed by atoms with Crippen LogP contribution in [0.15, 0.2) is 34.1 Å². The topological polar surface area (TPSA) is 106 Å². The van der Waals surface area contributed by atoms with Crippen molar-refractivity contribution in [2.45, 2.75) is 84.0 Å². The molecule has 0 aromatic carbocycles. The first-order chi connectivity index (χ1) is 16.2. The molecule has 182 valence electrons. The molecule has 0 bridgehead atoms. The van der Waals surface area contributed by atoms with Crippen molar-refractivity contribution in [2.24, 2.45) is 0 Å². The average molecular weight is 485 g/mol. The number of thiophene rings is 1. The minimum absolute atomic E-state index is 0.0187. The first-order valence-corrected chi connectivity index (χ1v) is 12.6. The Morgan fingerprint density at radius 2 is 2.00 bits per heavy atom. The van der Waals surface area contributed by atoms with Crippen molar-refractivity contribution in [2.75, 3.05) is 0 Å². The summed E-state index contributed by atoms with van der Waals surface area (Å²) in [6, 6.07) is 6.71. The quantitative estimate of drug-likeness (QED) is 0.541. The minimum atomic E-state index is -0.703. The zero-order valence-electron chi connectivity index (χ0n) is 20.2. The zero-order chi connectivity index (χ0) is 24.3. The van der Waals surface area contributed by atoms with Crippen LogP contribution in [0.25, 0.3) is 11.6 Å². The number of aromatic nitrogens is 4. The highest BCUT2D eigenvalue weighted by molar-refractivity contribution is 7.10. The van der Waals surface area contributed by atoms with Gasteiger partial charge in [0.05, 0.1) is 0 Å². The van der Waals surface area contributed by atoms with Crippen molar-refractivity contribution < 1.29 is 14.0 Å². The Balaban J connectivity index is 1.63. The molecule has 1 aliphatic carbocycles. The van der Waals surface area contributed by atoms with Gasteiger partial charge in [-0.15, -0.1) is 21.5 Å². The van der Waals surface area contributed by atoms with Gasteiger partial charge in [-0.05, 0) is 69.3 Å². The summed E-state index contributed by atoms with van der Waals surface area (Å²) >= 11 is 1.49. The van der Waals surface area contributed by atoms with Gasteiger partial charge in [0.15, 0.2) is 5.76 Å². The SMILES string of the molecule is Cc1ccc(-c2nnn(CC(=O)N(C3CCCCC3)C(C(=O)NC(C)(C)C)c3cccs3)n2)o1. The second kappa shape index (κ2) is 10.1. The van der Waals surface area contributed by atoms with E-state index in [0.29, 0.717) is 11.6 Å². The van der Waals surface area contributed by atoms with Crippen LogP contribution in [0.4, 0.5) is 0 Å². The van der Waals surface area contributed by atoms with Crippen molar-refractivity contribution >= 4 is 23.2 Å². The predicted molar refractivity (Wildman–Crippen MR) is 129 cm³/mol. The van der Waals surface area contributed by atoms with Crippen molar-refractivity contribution in [3.8, 4) is 11.6 Å². The van der Waals surface area contributed by atoms with E-state index in [1.54, 1.807) is 11.0 Å². The number of aryl methyl sites for hydroxylation is 1. The van der Waals surface area contributed by atoms with Crippen LogP contribution in [0.5, 0.6) is 0 Å². The van der Waals surface area contributed by atoms with Crippen LogP contribution < -0.4 is 5.32 Å². The molecule has 0 aliphatic heterocycles. The lowest BCUT2D eigenvalue weighted by Crippen LogP contribution is -2.53. The first kappa shape index (κ1) is 24.1. The van der Waals surface area contributed by atoms with E-state index in [4.69, 9.17) is 4.42 Å². The van der Waals surface area contributed by atoms with Crippen LogP contribution in [-0.4, -0.2) is 48.5 Å². The highest BCUT2D eigenvalue weighted by atomic mass is 32.1. The number of nitrogens with one attached hydrogen (secondary N) is 1. The Labute approximate surface area is 203 Å². The summed E-state index contributed by atoms with van der Waals surface area (Å²) < 4.78 is 5.57. The van der Waals surface area contributed by atoms with Gasteiger partial charge in [-0.25, -0.2) is 0 Å². The fourth-order valence-electron chi connectivity index (χ4n) is 4.36. The highest BCUT2D eigenvalue weighted by Crippen LogP contribution is 2.33. The van der Waals surface area contributed by atoms with E-state index >= 15 is 0 Å². The van der Waals surface area contributed by atoms with E-state index in [1.165, 1.54) is 16.1 Å². The number of carbonyl (C=O) groups is 2. The molecular weight excluding hydrogens is 452 g/mol. The smallest absolute Gasteiger partial charge is 0.248 e. The molecule has 9 nitrogen and oxygen atoms in total. The van der Waals surface area contributed by atoms with Gasteiger partial charge in [-0.3, -0.25) is 9.59 Å². The fourth-order valence-corrected chi connectivity index (χ4v) is 5.18. The standard InChI is InChI=1S/C24H32N6O3S/c1-16-12-13-18(33-16)22-26-28-29(27-22)15-20(31)30(17-9-6-5-7-10-17)21(19-11-8-14-34-19)23(32)25-24(2,3)4/h8,11-14,17,21H,5-7,9-10,15H2,1-4H3,(H,25,32). The Morgan fingerprint density at radius 1 is 1.24 bits per heavy atom. The van der Waals surface area contributed by atoms with Crippen LogP contribution in [0.1, 0.15) is 69.6 Å². The number of tetrazole rings is 1. The molecule has 1 unspecified atom stereocenters. The van der Waals surface area contributed by atoms with Crippen LogP contribution in [-0.2, 0) is 16.1 Å². The maximum Gasteiger partial charge on any atom is 0.248 e. The molecule has 0 saturated heterocycles. The summed E-state index contributed by atoms with van der Waals surface area (Å²) in [7, 11) is 0. The number of hydrogen-bond donors (Lipinski definition) is 1. The lowest BCUT2D eigenvalue weighted by molar-refractivity contribution is -0.145. The molecule has 1 saturated carbocycles. The number of carbonyl (C=O) groups excluding carboxylic acids is 2. The molecule has 2 amide bonds. The van der Waals surface area contributed by atoms with Gasteiger partial charge in [-0.2, -0.15) is 4.80 Å². The number of amides is 2. The molecule has 3 heterocycles. The fraction of sp³-hybridized carbons (Fsp3) is 0.542. The monoisotopic (exact) mass is 484 g/mol. The zero-order valence-corrected chi connectivity index (χ0v) is 21.0. The average Bonchev–Trinajstić information content (AvgIpc) is 3.53. The Hall–Kier alpha value is -3.01. The molecule has 10 heteroatoms. The number of hydrogen-bond acceptors (Lipinski definition) is 7. The van der Waals surface area contributed by atoms with Crippen molar-refractivity contribution in [1.82, 2.24) is 30.4 Å². The molecule has 0 radical (unpaired) electrons. The molecule has 4 rings (SSSR count). The van der Waals surface area contributed by atoms with Gasteiger partial charge >= 0.3 is 0 Å². The first-order valence-electron chi connectivity index (χ1n) is 11.7. The third-order valence-corrected chi connectivity index (χ3v) is 6.71. The molecule has 0 spiro atoms. The largest absolute Gasteiger partial charge is 0.458 e. The maximum absolute atomic E-state index is 13.8. The van der Waals surface area contributed by atoms with Gasteiger partial charge in [0.25, 0.3) is 0 Å². The normalized spacial score (nSPS) is 15.8. The second-order valence-electron chi connectivity index (χ2n) is 9.80. The van der Waals surface area contributed by atoms with Crippen LogP contribution in [0, 0.1) is 6.92 Å². The van der Waals surface area contributed by atoms with Crippen molar-refractivity contribution in [3.05, 3.63) is 40.3 Å². The summed E-state index contributed by atoms with van der Waals surface area (Å²) in [5.74, 6) is 1.20. The molecule has 3 aromatic heterocycles. The molecule has 1 atom stereocenters. The minimum Gasteiger partial charge on any atom is -0.458 e. The molecular formula is C24H32N6O3S. The molecule has 3 aromatic rings. The second-order valence-corrected chi connectivity index (χ2v) is 10.8. The summed E-state index contributed by atoms with van der Waals surface area (Å²) in [4.78, 5) is 31.2.